The Hall–Kier alpha value is -1.39. The number of hydrogen-bond acceptors (Lipinski definition) is 9. The molecule has 0 saturated heterocycles. The lowest BCUT2D eigenvalue weighted by molar-refractivity contribution is -0.167. The maximum atomic E-state index is 11.4. The Bertz CT molecular complexity index is 395. The Morgan fingerprint density at radius 3 is 1.62 bits per heavy atom. The van der Waals surface area contributed by atoms with Crippen molar-refractivity contribution in [2.24, 2.45) is 0 Å². The lowest BCUT2D eigenvalue weighted by Gasteiger charge is -2.31. The summed E-state index contributed by atoms with van der Waals surface area (Å²) in [5.74, 6) is -0.332. The number of hydrogen-bond donors (Lipinski definition) is 0. The molecule has 0 fully saturated rings. The molecule has 1 unspecified atom stereocenters. The fourth-order valence-corrected chi connectivity index (χ4v) is 2.21. The van der Waals surface area contributed by atoms with Gasteiger partial charge in [0.15, 0.2) is 0 Å². The standard InChI is InChI=1S/C17H32N2O7/c1-16(20)26-17-18(6-8-23-12-10-21-2)4-5-19(17)7-9-24-14-15-25-13-11-22-3/h4-5,17H,6-15H2,1-3H3. The van der Waals surface area contributed by atoms with Crippen LogP contribution >= 0.6 is 0 Å². The summed E-state index contributed by atoms with van der Waals surface area (Å²) in [5, 5.41) is 0. The maximum Gasteiger partial charge on any atom is 0.305 e. The number of ether oxygens (including phenoxy) is 6. The molecule has 1 heterocycles. The first-order chi connectivity index (χ1) is 12.7. The quantitative estimate of drug-likeness (QED) is 0.278. The summed E-state index contributed by atoms with van der Waals surface area (Å²) in [6.45, 7) is 6.92. The van der Waals surface area contributed by atoms with Gasteiger partial charge in [-0.05, 0) is 0 Å². The van der Waals surface area contributed by atoms with E-state index in [4.69, 9.17) is 28.4 Å². The minimum Gasteiger partial charge on any atom is -0.423 e. The van der Waals surface area contributed by atoms with Gasteiger partial charge in [0.1, 0.15) is 0 Å². The Labute approximate surface area is 155 Å². The van der Waals surface area contributed by atoms with Gasteiger partial charge in [-0.1, -0.05) is 0 Å². The van der Waals surface area contributed by atoms with Crippen molar-refractivity contribution in [2.45, 2.75) is 13.3 Å². The predicted octanol–water partition coefficient (Wildman–Crippen LogP) is 0.265. The van der Waals surface area contributed by atoms with Gasteiger partial charge in [-0.15, -0.1) is 0 Å². The molecule has 26 heavy (non-hydrogen) atoms. The van der Waals surface area contributed by atoms with Gasteiger partial charge in [-0.2, -0.15) is 0 Å². The van der Waals surface area contributed by atoms with Crippen LogP contribution in [0.5, 0.6) is 0 Å². The maximum absolute atomic E-state index is 11.4. The summed E-state index contributed by atoms with van der Waals surface area (Å²) >= 11 is 0. The first-order valence-electron chi connectivity index (χ1n) is 8.77. The van der Waals surface area contributed by atoms with Crippen LogP contribution in [0.3, 0.4) is 0 Å². The minimum atomic E-state index is -0.472. The van der Waals surface area contributed by atoms with E-state index in [1.165, 1.54) is 6.92 Å². The molecule has 9 heteroatoms. The van der Waals surface area contributed by atoms with Crippen molar-refractivity contribution in [1.29, 1.82) is 0 Å². The van der Waals surface area contributed by atoms with Crippen molar-refractivity contribution in [3.63, 3.8) is 0 Å². The summed E-state index contributed by atoms with van der Waals surface area (Å²) in [6, 6.07) is 0. The lowest BCUT2D eigenvalue weighted by atomic mass is 10.5. The van der Waals surface area contributed by atoms with Gasteiger partial charge in [0.05, 0.1) is 52.9 Å². The number of nitrogens with zero attached hydrogens (tertiary/aromatic N) is 2. The van der Waals surface area contributed by atoms with Gasteiger partial charge in [0, 0.05) is 46.6 Å². The zero-order chi connectivity index (χ0) is 19.0. The monoisotopic (exact) mass is 376 g/mol. The van der Waals surface area contributed by atoms with E-state index in [0.29, 0.717) is 65.9 Å². The number of esters is 1. The highest BCUT2D eigenvalue weighted by Crippen LogP contribution is 2.16. The Balaban J connectivity index is 2.24. The highest BCUT2D eigenvalue weighted by Gasteiger charge is 2.28. The third-order valence-corrected chi connectivity index (χ3v) is 3.51. The van der Waals surface area contributed by atoms with E-state index >= 15 is 0 Å². The van der Waals surface area contributed by atoms with Gasteiger partial charge in [-0.3, -0.25) is 4.79 Å². The van der Waals surface area contributed by atoms with Crippen LogP contribution in [0.4, 0.5) is 0 Å². The topological polar surface area (TPSA) is 78.9 Å². The van der Waals surface area contributed by atoms with Crippen molar-refractivity contribution >= 4 is 5.97 Å². The van der Waals surface area contributed by atoms with Crippen LogP contribution in [0.25, 0.3) is 0 Å². The molecule has 1 rings (SSSR count). The molecule has 0 spiro atoms. The molecule has 0 N–H and O–H groups in total. The molecule has 0 aliphatic carbocycles. The first-order valence-corrected chi connectivity index (χ1v) is 8.77. The average Bonchev–Trinajstić information content (AvgIpc) is 2.98. The zero-order valence-electron chi connectivity index (χ0n) is 16.1. The van der Waals surface area contributed by atoms with Crippen LogP contribution in [0.15, 0.2) is 12.4 Å². The highest BCUT2D eigenvalue weighted by atomic mass is 16.6. The zero-order valence-corrected chi connectivity index (χ0v) is 16.1. The first kappa shape index (κ1) is 22.7. The van der Waals surface area contributed by atoms with Crippen LogP contribution in [0, 0.1) is 0 Å². The average molecular weight is 376 g/mol. The summed E-state index contributed by atoms with van der Waals surface area (Å²) < 4.78 is 31.6. The van der Waals surface area contributed by atoms with Crippen molar-refractivity contribution in [3.8, 4) is 0 Å². The van der Waals surface area contributed by atoms with E-state index in [-0.39, 0.29) is 5.97 Å². The van der Waals surface area contributed by atoms with Crippen LogP contribution in [0.1, 0.15) is 6.92 Å². The van der Waals surface area contributed by atoms with Gasteiger partial charge in [0.2, 0.25) is 0 Å². The van der Waals surface area contributed by atoms with Gasteiger partial charge in [-0.25, -0.2) is 0 Å². The van der Waals surface area contributed by atoms with Gasteiger partial charge >= 0.3 is 5.97 Å². The second-order valence-electron chi connectivity index (χ2n) is 5.53. The number of carbonyl (C=O) groups is 1. The van der Waals surface area contributed by atoms with E-state index in [1.54, 1.807) is 14.2 Å². The molecule has 0 radical (unpaired) electrons. The molecular weight excluding hydrogens is 344 g/mol. The van der Waals surface area contributed by atoms with E-state index < -0.39 is 6.35 Å². The van der Waals surface area contributed by atoms with E-state index in [9.17, 15) is 4.79 Å². The second kappa shape index (κ2) is 14.7. The Morgan fingerprint density at radius 2 is 1.19 bits per heavy atom. The van der Waals surface area contributed by atoms with E-state index in [0.717, 1.165) is 0 Å². The smallest absolute Gasteiger partial charge is 0.305 e. The van der Waals surface area contributed by atoms with Crippen LogP contribution in [-0.2, 0) is 33.2 Å². The molecule has 0 bridgehead atoms. The Kier molecular flexibility index (Phi) is 12.8. The van der Waals surface area contributed by atoms with Crippen LogP contribution < -0.4 is 0 Å². The highest BCUT2D eigenvalue weighted by molar-refractivity contribution is 5.66. The molecule has 0 aromatic carbocycles. The van der Waals surface area contributed by atoms with Crippen LogP contribution in [-0.4, -0.2) is 102 Å². The van der Waals surface area contributed by atoms with Crippen molar-refractivity contribution < 1.29 is 33.2 Å². The largest absolute Gasteiger partial charge is 0.423 e. The summed E-state index contributed by atoms with van der Waals surface area (Å²) in [7, 11) is 3.27. The second-order valence-corrected chi connectivity index (χ2v) is 5.53. The fraction of sp³-hybridized carbons (Fsp3) is 0.824. The molecule has 152 valence electrons. The summed E-state index contributed by atoms with van der Waals surface area (Å²) in [6.07, 6.45) is 3.31. The number of rotatable bonds is 16. The number of methoxy groups -OCH3 is 2. The third-order valence-electron chi connectivity index (χ3n) is 3.51. The van der Waals surface area contributed by atoms with E-state index in [1.807, 2.05) is 22.2 Å². The van der Waals surface area contributed by atoms with E-state index in [2.05, 4.69) is 0 Å². The Morgan fingerprint density at radius 1 is 0.769 bits per heavy atom. The van der Waals surface area contributed by atoms with Crippen molar-refractivity contribution in [1.82, 2.24) is 9.80 Å². The molecular formula is C17H32N2O7. The lowest BCUT2D eigenvalue weighted by Crippen LogP contribution is -2.44. The summed E-state index contributed by atoms with van der Waals surface area (Å²) in [5.41, 5.74) is 0. The SMILES string of the molecule is COCCOCCOCCN1C=CN(CCOCCOC)C1OC(C)=O. The molecule has 0 aromatic heterocycles. The fourth-order valence-electron chi connectivity index (χ4n) is 2.21. The molecule has 0 amide bonds. The minimum absolute atomic E-state index is 0.332. The van der Waals surface area contributed by atoms with Crippen molar-refractivity contribution in [3.05, 3.63) is 12.4 Å². The molecule has 9 nitrogen and oxygen atoms in total. The van der Waals surface area contributed by atoms with Crippen molar-refractivity contribution in [2.75, 3.05) is 80.2 Å². The summed E-state index contributed by atoms with van der Waals surface area (Å²) in [4.78, 5) is 15.2. The molecule has 1 aliphatic heterocycles. The molecule has 1 atom stereocenters. The predicted molar refractivity (Wildman–Crippen MR) is 94.3 cm³/mol. The molecule has 1 aliphatic rings. The van der Waals surface area contributed by atoms with Gasteiger partial charge in [0.25, 0.3) is 6.35 Å². The molecule has 0 aromatic rings. The molecule has 0 saturated carbocycles. The third kappa shape index (κ3) is 9.93. The van der Waals surface area contributed by atoms with Crippen LogP contribution in [0.2, 0.25) is 0 Å². The van der Waals surface area contributed by atoms with Gasteiger partial charge < -0.3 is 38.2 Å². The normalized spacial score (nSPS) is 16.5. The number of carbonyl (C=O) groups excluding carboxylic acids is 1.